The summed E-state index contributed by atoms with van der Waals surface area (Å²) in [5.41, 5.74) is 3.09. The van der Waals surface area contributed by atoms with E-state index in [0.717, 1.165) is 25.2 Å². The standard InChI is InChI=1S/C22H36O/c1-9-17(3)16-23-19-13-11-18(12-14-19)20(15-21(4,5)6)22(7,8)10-2/h11-15,17H,9-10,16H2,1-8H3/b20-15-. The first kappa shape index (κ1) is 19.8. The summed E-state index contributed by atoms with van der Waals surface area (Å²) in [6.45, 7) is 18.9. The Kier molecular flexibility index (Phi) is 6.92. The highest BCUT2D eigenvalue weighted by Crippen LogP contribution is 2.40. The summed E-state index contributed by atoms with van der Waals surface area (Å²) < 4.78 is 5.89. The molecule has 0 aliphatic rings. The Morgan fingerprint density at radius 3 is 2.04 bits per heavy atom. The second-order valence-corrected chi connectivity index (χ2v) is 8.51. The van der Waals surface area contributed by atoms with E-state index in [4.69, 9.17) is 4.74 Å². The van der Waals surface area contributed by atoms with Crippen LogP contribution in [0.2, 0.25) is 0 Å². The van der Waals surface area contributed by atoms with E-state index in [-0.39, 0.29) is 10.8 Å². The van der Waals surface area contributed by atoms with Crippen molar-refractivity contribution in [2.75, 3.05) is 6.61 Å². The average Bonchev–Trinajstić information content (AvgIpc) is 2.50. The molecule has 1 aromatic rings. The third-order valence-electron chi connectivity index (χ3n) is 4.59. The van der Waals surface area contributed by atoms with E-state index in [9.17, 15) is 0 Å². The predicted molar refractivity (Wildman–Crippen MR) is 103 cm³/mol. The van der Waals surface area contributed by atoms with Crippen molar-refractivity contribution in [1.29, 1.82) is 0 Å². The summed E-state index contributed by atoms with van der Waals surface area (Å²) in [6.07, 6.45) is 4.70. The Morgan fingerprint density at radius 2 is 1.61 bits per heavy atom. The van der Waals surface area contributed by atoms with Gasteiger partial charge in [-0.05, 0) is 46.4 Å². The fraction of sp³-hybridized carbons (Fsp3) is 0.636. The van der Waals surface area contributed by atoms with E-state index in [0.29, 0.717) is 5.92 Å². The Hall–Kier alpha value is -1.24. The molecule has 0 bridgehead atoms. The molecular formula is C22H36O. The molecule has 23 heavy (non-hydrogen) atoms. The molecule has 0 spiro atoms. The van der Waals surface area contributed by atoms with Crippen molar-refractivity contribution >= 4 is 5.57 Å². The molecule has 0 N–H and O–H groups in total. The maximum atomic E-state index is 5.89. The van der Waals surface area contributed by atoms with Gasteiger partial charge in [0.15, 0.2) is 0 Å². The van der Waals surface area contributed by atoms with Gasteiger partial charge < -0.3 is 4.74 Å². The zero-order valence-electron chi connectivity index (χ0n) is 16.5. The predicted octanol–water partition coefficient (Wildman–Crippen LogP) is 6.98. The van der Waals surface area contributed by atoms with E-state index < -0.39 is 0 Å². The van der Waals surface area contributed by atoms with Crippen molar-refractivity contribution in [3.05, 3.63) is 35.9 Å². The fourth-order valence-corrected chi connectivity index (χ4v) is 2.38. The van der Waals surface area contributed by atoms with Crippen LogP contribution in [0.1, 0.15) is 73.8 Å². The van der Waals surface area contributed by atoms with Gasteiger partial charge in [-0.3, -0.25) is 0 Å². The summed E-state index contributed by atoms with van der Waals surface area (Å²) in [5.74, 6) is 1.57. The second-order valence-electron chi connectivity index (χ2n) is 8.51. The summed E-state index contributed by atoms with van der Waals surface area (Å²) in [4.78, 5) is 0. The van der Waals surface area contributed by atoms with Gasteiger partial charge in [-0.2, -0.15) is 0 Å². The van der Waals surface area contributed by atoms with Crippen LogP contribution in [0, 0.1) is 16.7 Å². The molecule has 0 heterocycles. The minimum Gasteiger partial charge on any atom is -0.493 e. The second kappa shape index (κ2) is 8.04. The highest BCUT2D eigenvalue weighted by molar-refractivity contribution is 5.70. The Balaban J connectivity index is 3.03. The van der Waals surface area contributed by atoms with Crippen LogP contribution in [0.5, 0.6) is 5.75 Å². The molecule has 1 aromatic carbocycles. The summed E-state index contributed by atoms with van der Waals surface area (Å²) in [6, 6.07) is 8.64. The normalized spacial score (nSPS) is 14.7. The lowest BCUT2D eigenvalue weighted by Crippen LogP contribution is -2.15. The average molecular weight is 317 g/mol. The highest BCUT2D eigenvalue weighted by atomic mass is 16.5. The number of allylic oxidation sites excluding steroid dienone is 2. The van der Waals surface area contributed by atoms with Gasteiger partial charge in [0.2, 0.25) is 0 Å². The van der Waals surface area contributed by atoms with Gasteiger partial charge in [0.25, 0.3) is 0 Å². The molecule has 0 aliphatic carbocycles. The SMILES string of the molecule is CCC(C)COc1ccc(/C(=C/C(C)(C)C)C(C)(C)CC)cc1. The van der Waals surface area contributed by atoms with E-state index in [2.05, 4.69) is 85.7 Å². The van der Waals surface area contributed by atoms with Crippen LogP contribution in [-0.4, -0.2) is 6.61 Å². The number of rotatable bonds is 7. The quantitative estimate of drug-likeness (QED) is 0.527. The molecular weight excluding hydrogens is 280 g/mol. The summed E-state index contributed by atoms with van der Waals surface area (Å²) >= 11 is 0. The van der Waals surface area contributed by atoms with E-state index in [1.807, 2.05) is 0 Å². The molecule has 0 aliphatic heterocycles. The largest absolute Gasteiger partial charge is 0.493 e. The monoisotopic (exact) mass is 316 g/mol. The van der Waals surface area contributed by atoms with Gasteiger partial charge in [0, 0.05) is 0 Å². The first-order chi connectivity index (χ1) is 10.6. The van der Waals surface area contributed by atoms with Crippen LogP contribution in [-0.2, 0) is 0 Å². The molecule has 0 amide bonds. The van der Waals surface area contributed by atoms with Crippen molar-refractivity contribution in [2.24, 2.45) is 16.7 Å². The van der Waals surface area contributed by atoms with E-state index >= 15 is 0 Å². The molecule has 1 heteroatoms. The number of ether oxygens (including phenoxy) is 1. The minimum atomic E-state index is 0.173. The molecule has 0 radical (unpaired) electrons. The highest BCUT2D eigenvalue weighted by Gasteiger charge is 2.24. The first-order valence-corrected chi connectivity index (χ1v) is 9.05. The fourth-order valence-electron chi connectivity index (χ4n) is 2.38. The zero-order valence-corrected chi connectivity index (χ0v) is 16.5. The summed E-state index contributed by atoms with van der Waals surface area (Å²) in [5, 5.41) is 0. The van der Waals surface area contributed by atoms with Crippen molar-refractivity contribution in [3.63, 3.8) is 0 Å². The molecule has 0 fully saturated rings. The molecule has 0 saturated heterocycles. The van der Waals surface area contributed by atoms with Gasteiger partial charge in [-0.15, -0.1) is 0 Å². The van der Waals surface area contributed by atoms with Crippen molar-refractivity contribution in [3.8, 4) is 5.75 Å². The molecule has 0 aromatic heterocycles. The molecule has 0 saturated carbocycles. The molecule has 1 atom stereocenters. The van der Waals surface area contributed by atoms with Crippen molar-refractivity contribution in [2.45, 2.75) is 68.2 Å². The molecule has 1 unspecified atom stereocenters. The van der Waals surface area contributed by atoms with Gasteiger partial charge >= 0.3 is 0 Å². The number of hydrogen-bond acceptors (Lipinski definition) is 1. The lowest BCUT2D eigenvalue weighted by molar-refractivity contribution is 0.256. The smallest absolute Gasteiger partial charge is 0.119 e. The van der Waals surface area contributed by atoms with Crippen molar-refractivity contribution < 1.29 is 4.74 Å². The topological polar surface area (TPSA) is 9.23 Å². The third-order valence-corrected chi connectivity index (χ3v) is 4.59. The van der Waals surface area contributed by atoms with Gasteiger partial charge in [0.1, 0.15) is 5.75 Å². The lowest BCUT2D eigenvalue weighted by atomic mass is 9.75. The Morgan fingerprint density at radius 1 is 1.04 bits per heavy atom. The van der Waals surface area contributed by atoms with Crippen LogP contribution in [0.4, 0.5) is 0 Å². The van der Waals surface area contributed by atoms with Gasteiger partial charge in [0.05, 0.1) is 6.61 Å². The molecule has 1 rings (SSSR count). The van der Waals surface area contributed by atoms with Crippen LogP contribution < -0.4 is 4.74 Å². The Bertz CT molecular complexity index is 500. The van der Waals surface area contributed by atoms with Crippen LogP contribution in [0.25, 0.3) is 5.57 Å². The van der Waals surface area contributed by atoms with Gasteiger partial charge in [-0.25, -0.2) is 0 Å². The van der Waals surface area contributed by atoms with E-state index in [1.165, 1.54) is 11.1 Å². The lowest BCUT2D eigenvalue weighted by Gasteiger charge is -2.30. The number of hydrogen-bond donors (Lipinski definition) is 0. The first-order valence-electron chi connectivity index (χ1n) is 9.05. The summed E-state index contributed by atoms with van der Waals surface area (Å²) in [7, 11) is 0. The van der Waals surface area contributed by atoms with Gasteiger partial charge in [-0.1, -0.05) is 80.0 Å². The van der Waals surface area contributed by atoms with Crippen LogP contribution in [0.3, 0.4) is 0 Å². The molecule has 1 nitrogen and oxygen atoms in total. The number of benzene rings is 1. The minimum absolute atomic E-state index is 0.173. The third kappa shape index (κ3) is 6.41. The maximum Gasteiger partial charge on any atom is 0.119 e. The van der Waals surface area contributed by atoms with Crippen molar-refractivity contribution in [1.82, 2.24) is 0 Å². The zero-order chi connectivity index (χ0) is 17.7. The Labute approximate surface area is 144 Å². The molecule has 130 valence electrons. The maximum absolute atomic E-state index is 5.89. The van der Waals surface area contributed by atoms with E-state index in [1.54, 1.807) is 0 Å². The van der Waals surface area contributed by atoms with Crippen LogP contribution in [0.15, 0.2) is 30.3 Å². The van der Waals surface area contributed by atoms with Crippen LogP contribution >= 0.6 is 0 Å².